The van der Waals surface area contributed by atoms with Gasteiger partial charge < -0.3 is 5.32 Å². The van der Waals surface area contributed by atoms with Gasteiger partial charge in [-0.2, -0.15) is 5.10 Å². The predicted octanol–water partition coefficient (Wildman–Crippen LogP) is 2.67. The number of nitrogens with zero attached hydrogens (tertiary/aromatic N) is 7. The summed E-state index contributed by atoms with van der Waals surface area (Å²) in [7, 11) is -1.11. The van der Waals surface area contributed by atoms with Crippen LogP contribution in [0, 0.1) is 5.92 Å². The number of amides is 1. The van der Waals surface area contributed by atoms with Crippen molar-refractivity contribution in [2.24, 2.45) is 5.92 Å². The van der Waals surface area contributed by atoms with E-state index in [0.717, 1.165) is 40.7 Å². The maximum absolute atomic E-state index is 12.0. The fourth-order valence-corrected chi connectivity index (χ4v) is 4.29. The average Bonchev–Trinajstić information content (AvgIpc) is 3.52. The highest BCUT2D eigenvalue weighted by Gasteiger charge is 2.30. The smallest absolute Gasteiger partial charge is 0.228 e. The summed E-state index contributed by atoms with van der Waals surface area (Å²) in [5.41, 5.74) is 4.85. The molecule has 4 heterocycles. The van der Waals surface area contributed by atoms with E-state index in [9.17, 15) is 9.00 Å². The lowest BCUT2D eigenvalue weighted by atomic mass is 10.1. The van der Waals surface area contributed by atoms with E-state index < -0.39 is 10.8 Å². The van der Waals surface area contributed by atoms with Crippen LogP contribution in [0.1, 0.15) is 18.5 Å². The second-order valence-electron chi connectivity index (χ2n) is 8.33. The predicted molar refractivity (Wildman–Crippen MR) is 127 cm³/mol. The van der Waals surface area contributed by atoms with Gasteiger partial charge in [-0.3, -0.25) is 14.0 Å². The van der Waals surface area contributed by atoms with Gasteiger partial charge in [0.2, 0.25) is 5.91 Å². The van der Waals surface area contributed by atoms with E-state index in [1.807, 2.05) is 36.4 Å². The van der Waals surface area contributed by atoms with Gasteiger partial charge in [-0.05, 0) is 48.7 Å². The zero-order valence-electron chi connectivity index (χ0n) is 18.3. The first-order valence-electron chi connectivity index (χ1n) is 10.8. The third-order valence-corrected chi connectivity index (χ3v) is 6.67. The molecule has 0 saturated heterocycles. The quantitative estimate of drug-likeness (QED) is 0.403. The van der Waals surface area contributed by atoms with E-state index in [1.165, 1.54) is 0 Å². The van der Waals surface area contributed by atoms with Crippen LogP contribution in [0.5, 0.6) is 0 Å². The van der Waals surface area contributed by atoms with Crippen LogP contribution in [0.3, 0.4) is 0 Å². The molecule has 0 bridgehead atoms. The van der Waals surface area contributed by atoms with E-state index in [2.05, 4.69) is 30.7 Å². The molecule has 0 aliphatic heterocycles. The van der Waals surface area contributed by atoms with Gasteiger partial charge in [-0.15, -0.1) is 5.10 Å². The molecule has 1 amide bonds. The van der Waals surface area contributed by atoms with E-state index in [-0.39, 0.29) is 11.8 Å². The molecule has 1 aliphatic rings. The molecule has 1 unspecified atom stereocenters. The Morgan fingerprint density at radius 3 is 2.85 bits per heavy atom. The molecular formula is C23H20N8O2S. The number of fused-ring (bicyclic) bond motifs is 2. The van der Waals surface area contributed by atoms with Crippen LogP contribution in [0.15, 0.2) is 59.9 Å². The van der Waals surface area contributed by atoms with Crippen LogP contribution in [-0.2, 0) is 22.1 Å². The summed E-state index contributed by atoms with van der Waals surface area (Å²) in [5.74, 6) is 0.627. The Balaban J connectivity index is 1.29. The number of carbonyl (C=O) groups excluding carboxylic acids is 1. The lowest BCUT2D eigenvalue weighted by Gasteiger charge is -2.06. The van der Waals surface area contributed by atoms with Crippen LogP contribution in [0.2, 0.25) is 0 Å². The number of hydrogen-bond donors (Lipinski definition) is 1. The molecule has 1 saturated carbocycles. The second kappa shape index (κ2) is 8.10. The summed E-state index contributed by atoms with van der Waals surface area (Å²) in [6.07, 6.45) is 8.60. The van der Waals surface area contributed by atoms with Crippen molar-refractivity contribution in [2.45, 2.75) is 24.3 Å². The molecule has 34 heavy (non-hydrogen) atoms. The fraction of sp³-hybridized carbons (Fsp3) is 0.217. The molecule has 1 atom stereocenters. The summed E-state index contributed by atoms with van der Waals surface area (Å²) in [6, 6.07) is 11.5. The molecule has 11 heteroatoms. The van der Waals surface area contributed by atoms with Gasteiger partial charge in [0, 0.05) is 30.1 Å². The van der Waals surface area contributed by atoms with Crippen molar-refractivity contribution in [3.05, 3.63) is 60.7 Å². The standard InChI is InChI=1S/C23H20N8O2S/c1-34(33)18-8-16(10-24-11-18)15-4-6-19-20(9-15)30(29-27-19)12-17-5-7-22-25-21(13-31(22)28-17)26-23(32)14-2-3-14/h4-11,13-14H,2-3,12H2,1H3,(H,26,32). The zero-order valence-corrected chi connectivity index (χ0v) is 19.1. The number of carbonyl (C=O) groups is 1. The third kappa shape index (κ3) is 3.94. The normalized spacial score (nSPS) is 14.5. The Morgan fingerprint density at radius 2 is 2.03 bits per heavy atom. The molecule has 5 aromatic rings. The first-order chi connectivity index (χ1) is 16.5. The number of imidazole rings is 1. The molecule has 0 radical (unpaired) electrons. The van der Waals surface area contributed by atoms with Crippen LogP contribution in [-0.4, -0.2) is 50.9 Å². The maximum Gasteiger partial charge on any atom is 0.228 e. The first kappa shape index (κ1) is 20.6. The molecule has 6 rings (SSSR count). The van der Waals surface area contributed by atoms with Crippen LogP contribution in [0.25, 0.3) is 27.8 Å². The molecule has 1 fully saturated rings. The molecule has 4 aromatic heterocycles. The monoisotopic (exact) mass is 472 g/mol. The highest BCUT2D eigenvalue weighted by Crippen LogP contribution is 2.30. The molecule has 1 aliphatic carbocycles. The number of aromatic nitrogens is 7. The summed E-state index contributed by atoms with van der Waals surface area (Å²) in [6.45, 7) is 0.412. The number of benzene rings is 1. The maximum atomic E-state index is 12.0. The Hall–Kier alpha value is -3.99. The van der Waals surface area contributed by atoms with Crippen molar-refractivity contribution in [1.82, 2.24) is 34.6 Å². The van der Waals surface area contributed by atoms with E-state index >= 15 is 0 Å². The average molecular weight is 473 g/mol. The Bertz CT molecular complexity index is 1590. The van der Waals surface area contributed by atoms with Crippen molar-refractivity contribution in [3.8, 4) is 11.1 Å². The lowest BCUT2D eigenvalue weighted by molar-refractivity contribution is -0.117. The number of rotatable bonds is 6. The fourth-order valence-electron chi connectivity index (χ4n) is 3.79. The van der Waals surface area contributed by atoms with Gasteiger partial charge >= 0.3 is 0 Å². The van der Waals surface area contributed by atoms with Crippen molar-refractivity contribution in [1.29, 1.82) is 0 Å². The van der Waals surface area contributed by atoms with Crippen LogP contribution >= 0.6 is 0 Å². The van der Waals surface area contributed by atoms with Gasteiger partial charge in [0.1, 0.15) is 5.52 Å². The molecule has 10 nitrogen and oxygen atoms in total. The van der Waals surface area contributed by atoms with E-state index in [1.54, 1.807) is 34.0 Å². The van der Waals surface area contributed by atoms with Gasteiger partial charge in [0.25, 0.3) is 0 Å². The lowest BCUT2D eigenvalue weighted by Crippen LogP contribution is -2.13. The highest BCUT2D eigenvalue weighted by atomic mass is 32.2. The number of nitrogens with one attached hydrogen (secondary N) is 1. The number of pyridine rings is 1. The molecule has 0 spiro atoms. The zero-order chi connectivity index (χ0) is 23.2. The molecule has 1 N–H and O–H groups in total. The van der Waals surface area contributed by atoms with E-state index in [4.69, 9.17) is 0 Å². The highest BCUT2D eigenvalue weighted by molar-refractivity contribution is 7.84. The summed E-state index contributed by atoms with van der Waals surface area (Å²) in [4.78, 5) is 21.3. The minimum atomic E-state index is -1.11. The van der Waals surface area contributed by atoms with Crippen LogP contribution < -0.4 is 5.32 Å². The minimum Gasteiger partial charge on any atom is -0.309 e. The topological polar surface area (TPSA) is 120 Å². The minimum absolute atomic E-state index is 0.0134. The Kier molecular flexibility index (Phi) is 4.91. The van der Waals surface area contributed by atoms with Gasteiger partial charge in [-0.1, -0.05) is 11.3 Å². The molecule has 170 valence electrons. The van der Waals surface area contributed by atoms with Gasteiger partial charge in [0.15, 0.2) is 11.5 Å². The van der Waals surface area contributed by atoms with Crippen molar-refractivity contribution < 1.29 is 9.00 Å². The largest absolute Gasteiger partial charge is 0.309 e. The van der Waals surface area contributed by atoms with E-state index in [0.29, 0.717) is 22.9 Å². The Morgan fingerprint density at radius 1 is 1.15 bits per heavy atom. The molecular weight excluding hydrogens is 452 g/mol. The molecule has 1 aromatic carbocycles. The second-order valence-corrected chi connectivity index (χ2v) is 9.71. The van der Waals surface area contributed by atoms with Crippen molar-refractivity contribution in [2.75, 3.05) is 11.6 Å². The van der Waals surface area contributed by atoms with Gasteiger partial charge in [0.05, 0.1) is 39.6 Å². The summed E-state index contributed by atoms with van der Waals surface area (Å²) < 4.78 is 15.3. The summed E-state index contributed by atoms with van der Waals surface area (Å²) >= 11 is 0. The van der Waals surface area contributed by atoms with Crippen molar-refractivity contribution >= 4 is 39.2 Å². The van der Waals surface area contributed by atoms with Crippen LogP contribution in [0.4, 0.5) is 5.82 Å². The summed E-state index contributed by atoms with van der Waals surface area (Å²) in [5, 5.41) is 16.1. The Labute approximate surface area is 196 Å². The number of anilines is 1. The first-order valence-corrected chi connectivity index (χ1v) is 12.4. The van der Waals surface area contributed by atoms with Gasteiger partial charge in [-0.25, -0.2) is 14.2 Å². The third-order valence-electron chi connectivity index (χ3n) is 5.78. The van der Waals surface area contributed by atoms with Crippen molar-refractivity contribution in [3.63, 3.8) is 0 Å². The SMILES string of the molecule is CS(=O)c1cncc(-c2ccc3nnn(Cc4ccc5nc(NC(=O)C6CC6)cn5n4)c3c2)c1. The number of hydrogen-bond acceptors (Lipinski definition) is 7.